The molecule has 0 N–H and O–H groups in total. The third-order valence-corrected chi connectivity index (χ3v) is 5.13. The van der Waals surface area contributed by atoms with Gasteiger partial charge in [-0.05, 0) is 37.2 Å². The van der Waals surface area contributed by atoms with Gasteiger partial charge >= 0.3 is 0 Å². The average Bonchev–Trinajstić information content (AvgIpc) is 2.85. The Morgan fingerprint density at radius 1 is 1.35 bits per heavy atom. The van der Waals surface area contributed by atoms with E-state index in [1.165, 1.54) is 30.7 Å². The van der Waals surface area contributed by atoms with Crippen LogP contribution in [-0.2, 0) is 17.9 Å². The molecule has 0 saturated carbocycles. The molecule has 2 heterocycles. The molecule has 122 valence electrons. The second kappa shape index (κ2) is 6.94. The molecule has 0 unspecified atom stereocenters. The van der Waals surface area contributed by atoms with Crippen molar-refractivity contribution in [3.8, 4) is 0 Å². The first kappa shape index (κ1) is 16.4. The van der Waals surface area contributed by atoms with Crippen molar-refractivity contribution in [2.24, 2.45) is 10.1 Å². The average molecular weight is 373 g/mol. The number of hydrogen-bond donors (Lipinski definition) is 0. The molecule has 0 fully saturated rings. The van der Waals surface area contributed by atoms with E-state index in [1.54, 1.807) is 6.07 Å². The molecule has 0 spiro atoms. The van der Waals surface area contributed by atoms with Crippen LogP contribution >= 0.6 is 35.2 Å². The molecule has 0 bridgehead atoms. The van der Waals surface area contributed by atoms with Crippen molar-refractivity contribution in [1.29, 1.82) is 0 Å². The first-order chi connectivity index (χ1) is 11.1. The molecule has 9 heteroatoms. The Bertz CT molecular complexity index is 884. The molecule has 1 aromatic carbocycles. The maximum absolute atomic E-state index is 14.2. The summed E-state index contributed by atoms with van der Waals surface area (Å²) in [7, 11) is 1.43. The standard InChI is InChI=1S/C14H14ClFN4OS2/c1-21-17-8-9-6-12(11(16)7-10(9)15)18-13-19-4-2-3-5-20(19)14(22)23-13/h6-8H,2-5H2,1H3. The summed E-state index contributed by atoms with van der Waals surface area (Å²) in [6.07, 6.45) is 3.58. The van der Waals surface area contributed by atoms with Crippen LogP contribution in [0.2, 0.25) is 5.02 Å². The van der Waals surface area contributed by atoms with Gasteiger partial charge < -0.3 is 4.84 Å². The van der Waals surface area contributed by atoms with Crippen LogP contribution in [0.5, 0.6) is 0 Å². The Labute approximate surface area is 146 Å². The van der Waals surface area contributed by atoms with Crippen molar-refractivity contribution in [2.45, 2.75) is 25.9 Å². The smallest absolute Gasteiger partial charge is 0.207 e. The Kier molecular flexibility index (Phi) is 4.93. The highest BCUT2D eigenvalue weighted by atomic mass is 35.5. The highest BCUT2D eigenvalue weighted by Crippen LogP contribution is 2.25. The van der Waals surface area contributed by atoms with Crippen molar-refractivity contribution in [1.82, 2.24) is 9.36 Å². The van der Waals surface area contributed by atoms with E-state index in [2.05, 4.69) is 15.0 Å². The summed E-state index contributed by atoms with van der Waals surface area (Å²) in [5, 5.41) is 3.91. The fourth-order valence-electron chi connectivity index (χ4n) is 2.37. The maximum atomic E-state index is 14.2. The summed E-state index contributed by atoms with van der Waals surface area (Å²) in [5.74, 6) is -0.487. The Hall–Kier alpha value is -1.51. The molecule has 1 aromatic heterocycles. The lowest BCUT2D eigenvalue weighted by atomic mass is 10.2. The molecule has 0 saturated heterocycles. The van der Waals surface area contributed by atoms with Gasteiger partial charge in [0.2, 0.25) is 4.80 Å². The molecular formula is C14H14ClFN4OS2. The van der Waals surface area contributed by atoms with Crippen LogP contribution in [0.15, 0.2) is 22.3 Å². The Morgan fingerprint density at radius 2 is 2.09 bits per heavy atom. The van der Waals surface area contributed by atoms with E-state index in [4.69, 9.17) is 23.8 Å². The predicted molar refractivity (Wildman–Crippen MR) is 91.6 cm³/mol. The molecule has 23 heavy (non-hydrogen) atoms. The van der Waals surface area contributed by atoms with Gasteiger partial charge in [-0.15, -0.1) is 0 Å². The van der Waals surface area contributed by atoms with Crippen molar-refractivity contribution in [3.63, 3.8) is 0 Å². The van der Waals surface area contributed by atoms with E-state index in [1.807, 2.05) is 9.36 Å². The number of rotatable bonds is 3. The highest BCUT2D eigenvalue weighted by Gasteiger charge is 2.12. The zero-order chi connectivity index (χ0) is 16.4. The van der Waals surface area contributed by atoms with Gasteiger partial charge in [0, 0.05) is 18.7 Å². The summed E-state index contributed by atoms with van der Waals surface area (Å²) in [6.45, 7) is 1.71. The molecule has 2 aromatic rings. The van der Waals surface area contributed by atoms with E-state index >= 15 is 0 Å². The fourth-order valence-corrected chi connectivity index (χ4v) is 3.87. The monoisotopic (exact) mass is 372 g/mol. The number of benzene rings is 1. The van der Waals surface area contributed by atoms with E-state index in [-0.39, 0.29) is 10.7 Å². The minimum Gasteiger partial charge on any atom is -0.399 e. The summed E-state index contributed by atoms with van der Waals surface area (Å²) in [6, 6.07) is 2.77. The fraction of sp³-hybridized carbons (Fsp3) is 0.357. The number of aromatic nitrogens is 2. The lowest BCUT2D eigenvalue weighted by Gasteiger charge is -2.16. The van der Waals surface area contributed by atoms with Gasteiger partial charge in [-0.2, -0.15) is 0 Å². The molecule has 0 amide bonds. The molecule has 0 aliphatic carbocycles. The van der Waals surface area contributed by atoms with Gasteiger partial charge in [0.25, 0.3) is 0 Å². The minimum atomic E-state index is -0.487. The van der Waals surface area contributed by atoms with Crippen molar-refractivity contribution in [3.05, 3.63) is 37.3 Å². The number of oxime groups is 1. The topological polar surface area (TPSA) is 43.8 Å². The molecular weight excluding hydrogens is 359 g/mol. The largest absolute Gasteiger partial charge is 0.399 e. The van der Waals surface area contributed by atoms with Gasteiger partial charge in [0.15, 0.2) is 3.95 Å². The summed E-state index contributed by atoms with van der Waals surface area (Å²) >= 11 is 12.7. The molecule has 0 radical (unpaired) electrons. The van der Waals surface area contributed by atoms with Crippen LogP contribution in [0.25, 0.3) is 0 Å². The Balaban J connectivity index is 2.13. The zero-order valence-corrected chi connectivity index (χ0v) is 14.7. The quantitative estimate of drug-likeness (QED) is 0.466. The normalized spacial score (nSPS) is 15.2. The van der Waals surface area contributed by atoms with E-state index in [9.17, 15) is 4.39 Å². The van der Waals surface area contributed by atoms with Gasteiger partial charge in [0.05, 0.1) is 11.2 Å². The SMILES string of the molecule is CON=Cc1cc(N=c2sc(=S)n3n2CCCC3)c(F)cc1Cl. The second-order valence-corrected chi connectivity index (χ2v) is 6.97. The van der Waals surface area contributed by atoms with Crippen LogP contribution in [0.1, 0.15) is 18.4 Å². The first-order valence-corrected chi connectivity index (χ1v) is 8.61. The molecule has 1 aliphatic heterocycles. The summed E-state index contributed by atoms with van der Waals surface area (Å²) in [5.41, 5.74) is 0.736. The molecule has 1 aliphatic rings. The third kappa shape index (κ3) is 3.39. The van der Waals surface area contributed by atoms with Crippen LogP contribution in [0.3, 0.4) is 0 Å². The Morgan fingerprint density at radius 3 is 2.83 bits per heavy atom. The van der Waals surface area contributed by atoms with E-state index < -0.39 is 5.82 Å². The molecule has 5 nitrogen and oxygen atoms in total. The zero-order valence-electron chi connectivity index (χ0n) is 12.3. The first-order valence-electron chi connectivity index (χ1n) is 7.01. The number of nitrogens with zero attached hydrogens (tertiary/aromatic N) is 4. The van der Waals surface area contributed by atoms with Crippen molar-refractivity contribution in [2.75, 3.05) is 7.11 Å². The van der Waals surface area contributed by atoms with Crippen LogP contribution in [0, 0.1) is 9.77 Å². The number of halogens is 2. The summed E-state index contributed by atoms with van der Waals surface area (Å²) < 4.78 is 19.0. The van der Waals surface area contributed by atoms with Crippen molar-refractivity contribution >= 4 is 47.1 Å². The maximum Gasteiger partial charge on any atom is 0.207 e. The van der Waals surface area contributed by atoms with Gasteiger partial charge in [0.1, 0.15) is 18.6 Å². The summed E-state index contributed by atoms with van der Waals surface area (Å²) in [4.78, 5) is 9.76. The van der Waals surface area contributed by atoms with Crippen LogP contribution in [0.4, 0.5) is 10.1 Å². The van der Waals surface area contributed by atoms with Crippen LogP contribution < -0.4 is 4.80 Å². The van der Waals surface area contributed by atoms with Crippen LogP contribution in [-0.4, -0.2) is 22.7 Å². The minimum absolute atomic E-state index is 0.199. The van der Waals surface area contributed by atoms with Gasteiger partial charge in [-0.1, -0.05) is 28.1 Å². The predicted octanol–water partition coefficient (Wildman–Crippen LogP) is 3.88. The molecule has 0 atom stereocenters. The third-order valence-electron chi connectivity index (χ3n) is 3.47. The van der Waals surface area contributed by atoms with Crippen molar-refractivity contribution < 1.29 is 9.23 Å². The van der Waals surface area contributed by atoms with E-state index in [0.717, 1.165) is 29.9 Å². The second-order valence-electron chi connectivity index (χ2n) is 4.96. The lowest BCUT2D eigenvalue weighted by molar-refractivity contribution is 0.215. The van der Waals surface area contributed by atoms with Gasteiger partial charge in [-0.3, -0.25) is 9.36 Å². The highest BCUT2D eigenvalue weighted by molar-refractivity contribution is 7.73. The molecule has 3 rings (SSSR count). The van der Waals surface area contributed by atoms with Gasteiger partial charge in [-0.25, -0.2) is 9.38 Å². The van der Waals surface area contributed by atoms with E-state index in [0.29, 0.717) is 10.4 Å². The number of fused-ring (bicyclic) bond motifs is 1. The number of hydrogen-bond acceptors (Lipinski definition) is 5. The lowest BCUT2D eigenvalue weighted by Crippen LogP contribution is -2.27.